The van der Waals surface area contributed by atoms with Gasteiger partial charge in [-0.05, 0) is 23.3 Å². The number of alkyl halides is 3. The highest BCUT2D eigenvalue weighted by molar-refractivity contribution is 5.96. The lowest BCUT2D eigenvalue weighted by Crippen LogP contribution is -2.51. The van der Waals surface area contributed by atoms with Crippen molar-refractivity contribution in [2.45, 2.75) is 18.9 Å². The Hall–Kier alpha value is -3.11. The zero-order valence-corrected chi connectivity index (χ0v) is 16.6. The molecule has 1 saturated heterocycles. The Labute approximate surface area is 177 Å². The molecule has 3 rings (SSSR count). The van der Waals surface area contributed by atoms with Gasteiger partial charge in [0.05, 0.1) is 0 Å². The monoisotopic (exact) mass is 436 g/mol. The molecule has 1 unspecified atom stereocenters. The molecule has 1 aliphatic heterocycles. The number of rotatable bonds is 6. The Bertz CT molecular complexity index is 883. The molecule has 10 heteroatoms. The number of nitrogens with two attached hydrogens (primary N) is 1. The molecule has 2 aromatic carbocycles. The molecule has 7 nitrogen and oxygen atoms in total. The van der Waals surface area contributed by atoms with Gasteiger partial charge >= 0.3 is 12.4 Å². The van der Waals surface area contributed by atoms with Crippen molar-refractivity contribution in [3.8, 4) is 5.75 Å². The molecule has 0 bridgehead atoms. The molecule has 1 fully saturated rings. The summed E-state index contributed by atoms with van der Waals surface area (Å²) in [6, 6.07) is 13.4. The predicted molar refractivity (Wildman–Crippen MR) is 107 cm³/mol. The minimum absolute atomic E-state index is 0.257. The van der Waals surface area contributed by atoms with Gasteiger partial charge in [-0.1, -0.05) is 42.5 Å². The summed E-state index contributed by atoms with van der Waals surface area (Å²) in [6.07, 6.45) is -4.71. The smallest absolute Gasteiger partial charge is 0.406 e. The van der Waals surface area contributed by atoms with E-state index in [0.717, 1.165) is 11.1 Å². The molecule has 2 aromatic rings. The zero-order valence-electron chi connectivity index (χ0n) is 16.6. The molecule has 3 amide bonds. The largest absolute Gasteiger partial charge is 0.573 e. The van der Waals surface area contributed by atoms with Crippen LogP contribution < -0.4 is 15.8 Å². The van der Waals surface area contributed by atoms with Crippen LogP contribution in [0.2, 0.25) is 0 Å². The number of hydrogen-bond acceptors (Lipinski definition) is 5. The lowest BCUT2D eigenvalue weighted by molar-refractivity contribution is -0.274. The average molecular weight is 436 g/mol. The van der Waals surface area contributed by atoms with Gasteiger partial charge < -0.3 is 10.5 Å². The maximum absolute atomic E-state index is 12.6. The molecule has 31 heavy (non-hydrogen) atoms. The van der Waals surface area contributed by atoms with E-state index < -0.39 is 24.3 Å². The first-order valence-electron chi connectivity index (χ1n) is 9.67. The van der Waals surface area contributed by atoms with Gasteiger partial charge in [-0.15, -0.1) is 13.2 Å². The van der Waals surface area contributed by atoms with Crippen molar-refractivity contribution in [3.05, 3.63) is 65.7 Å². The van der Waals surface area contributed by atoms with E-state index in [9.17, 15) is 22.8 Å². The van der Waals surface area contributed by atoms with Gasteiger partial charge in [-0.25, -0.2) is 4.79 Å². The third kappa shape index (κ3) is 6.69. The van der Waals surface area contributed by atoms with E-state index >= 15 is 0 Å². The number of primary amides is 1. The molecule has 1 atom stereocenters. The van der Waals surface area contributed by atoms with E-state index in [1.165, 1.54) is 12.1 Å². The van der Waals surface area contributed by atoms with Crippen LogP contribution in [0.4, 0.5) is 18.0 Å². The predicted octanol–water partition coefficient (Wildman–Crippen LogP) is 2.64. The molecule has 3 N–H and O–H groups in total. The second kappa shape index (κ2) is 9.80. The first-order valence-corrected chi connectivity index (χ1v) is 9.67. The number of urea groups is 1. The van der Waals surface area contributed by atoms with E-state index in [2.05, 4.69) is 15.0 Å². The highest BCUT2D eigenvalue weighted by Crippen LogP contribution is 2.25. The van der Waals surface area contributed by atoms with Crippen LogP contribution >= 0.6 is 0 Å². The molecule has 0 saturated carbocycles. The van der Waals surface area contributed by atoms with Crippen molar-refractivity contribution < 1.29 is 27.5 Å². The Kier molecular flexibility index (Phi) is 7.13. The number of piperazine rings is 1. The first kappa shape index (κ1) is 22.6. The van der Waals surface area contributed by atoms with E-state index in [-0.39, 0.29) is 5.75 Å². The van der Waals surface area contributed by atoms with Crippen molar-refractivity contribution >= 4 is 11.9 Å². The minimum atomic E-state index is -4.71. The van der Waals surface area contributed by atoms with Gasteiger partial charge in [0, 0.05) is 32.7 Å². The normalized spacial score (nSPS) is 16.5. The maximum Gasteiger partial charge on any atom is 0.573 e. The summed E-state index contributed by atoms with van der Waals surface area (Å²) < 4.78 is 40.7. The van der Waals surface area contributed by atoms with Crippen LogP contribution in [-0.2, 0) is 11.3 Å². The van der Waals surface area contributed by atoms with Crippen LogP contribution in [0, 0.1) is 0 Å². The van der Waals surface area contributed by atoms with Gasteiger partial charge in [-0.2, -0.15) is 0 Å². The maximum atomic E-state index is 12.6. The molecule has 1 heterocycles. The number of amides is 3. The topological polar surface area (TPSA) is 87.9 Å². The van der Waals surface area contributed by atoms with Crippen molar-refractivity contribution in [2.24, 2.45) is 5.73 Å². The van der Waals surface area contributed by atoms with Crippen molar-refractivity contribution in [2.75, 3.05) is 26.2 Å². The molecule has 0 spiro atoms. The summed E-state index contributed by atoms with van der Waals surface area (Å²) in [4.78, 5) is 27.9. The Morgan fingerprint density at radius 3 is 2.16 bits per heavy atom. The fraction of sp³-hybridized carbons (Fsp3) is 0.333. The summed E-state index contributed by atoms with van der Waals surface area (Å²) in [5.41, 5.74) is 6.74. The number of halogens is 3. The highest BCUT2D eigenvalue weighted by Gasteiger charge is 2.32. The van der Waals surface area contributed by atoms with E-state index in [4.69, 9.17) is 5.73 Å². The first-order chi connectivity index (χ1) is 14.7. The summed E-state index contributed by atoms with van der Waals surface area (Å²) in [5, 5.41) is 2.16. The fourth-order valence-electron chi connectivity index (χ4n) is 3.59. The van der Waals surface area contributed by atoms with Gasteiger partial charge in [0.25, 0.3) is 0 Å². The lowest BCUT2D eigenvalue weighted by Gasteiger charge is -2.38. The Morgan fingerprint density at radius 1 is 1.00 bits per heavy atom. The van der Waals surface area contributed by atoms with E-state index in [1.54, 1.807) is 12.1 Å². The molecular weight excluding hydrogens is 413 g/mol. The molecule has 0 aliphatic carbocycles. The second-order valence-electron chi connectivity index (χ2n) is 7.17. The van der Waals surface area contributed by atoms with E-state index in [1.807, 2.05) is 35.2 Å². The van der Waals surface area contributed by atoms with Gasteiger partial charge in [-0.3, -0.25) is 19.9 Å². The number of nitrogens with one attached hydrogen (secondary N) is 1. The number of nitrogens with zero attached hydrogens (tertiary/aromatic N) is 2. The quantitative estimate of drug-likeness (QED) is 0.727. The number of carbonyl (C=O) groups excluding carboxylic acids is 2. The SMILES string of the molecule is NC(=O)NC(=O)C(c1ccccc1)N1CCN(Cc2ccc(OC(F)(F)F)cc2)CC1. The fourth-order valence-corrected chi connectivity index (χ4v) is 3.59. The number of hydrogen-bond donors (Lipinski definition) is 2. The van der Waals surface area contributed by atoms with Crippen molar-refractivity contribution in [1.82, 2.24) is 15.1 Å². The van der Waals surface area contributed by atoms with Gasteiger partial charge in [0.2, 0.25) is 5.91 Å². The van der Waals surface area contributed by atoms with Crippen LogP contribution in [0.1, 0.15) is 17.2 Å². The number of carbonyl (C=O) groups is 2. The third-order valence-corrected chi connectivity index (χ3v) is 4.95. The lowest BCUT2D eigenvalue weighted by atomic mass is 10.0. The molecule has 166 valence electrons. The number of benzene rings is 2. The Morgan fingerprint density at radius 2 is 1.61 bits per heavy atom. The van der Waals surface area contributed by atoms with Crippen LogP contribution in [0.15, 0.2) is 54.6 Å². The average Bonchev–Trinajstić information content (AvgIpc) is 2.70. The second-order valence-corrected chi connectivity index (χ2v) is 7.17. The molecule has 0 aromatic heterocycles. The summed E-state index contributed by atoms with van der Waals surface area (Å²) in [5.74, 6) is -0.736. The summed E-state index contributed by atoms with van der Waals surface area (Å²) >= 11 is 0. The van der Waals surface area contributed by atoms with Crippen molar-refractivity contribution in [3.63, 3.8) is 0 Å². The van der Waals surface area contributed by atoms with Crippen LogP contribution in [0.5, 0.6) is 5.75 Å². The highest BCUT2D eigenvalue weighted by atomic mass is 19.4. The van der Waals surface area contributed by atoms with Crippen LogP contribution in [-0.4, -0.2) is 54.3 Å². The number of ether oxygens (including phenoxy) is 1. The summed E-state index contributed by atoms with van der Waals surface area (Å²) in [7, 11) is 0. The van der Waals surface area contributed by atoms with E-state index in [0.29, 0.717) is 32.7 Å². The summed E-state index contributed by atoms with van der Waals surface area (Å²) in [6.45, 7) is 2.99. The van der Waals surface area contributed by atoms with Gasteiger partial charge in [0.1, 0.15) is 11.8 Å². The van der Waals surface area contributed by atoms with Crippen molar-refractivity contribution in [1.29, 1.82) is 0 Å². The van der Waals surface area contributed by atoms with Crippen LogP contribution in [0.25, 0.3) is 0 Å². The Balaban J connectivity index is 1.60. The van der Waals surface area contributed by atoms with Gasteiger partial charge in [0.15, 0.2) is 0 Å². The zero-order chi connectivity index (χ0) is 22.4. The third-order valence-electron chi connectivity index (χ3n) is 4.95. The number of imide groups is 1. The molecular formula is C21H23F3N4O3. The minimum Gasteiger partial charge on any atom is -0.406 e. The molecule has 1 aliphatic rings. The van der Waals surface area contributed by atoms with Crippen LogP contribution in [0.3, 0.4) is 0 Å². The standard InChI is InChI=1S/C21H23F3N4O3/c22-21(23,24)31-17-8-6-15(7-9-17)14-27-10-12-28(13-11-27)18(19(29)26-20(25)30)16-4-2-1-3-5-16/h1-9,18H,10-14H2,(H3,25,26,29,30). The molecule has 0 radical (unpaired) electrons.